The summed E-state index contributed by atoms with van der Waals surface area (Å²) < 4.78 is 7.07. The van der Waals surface area contributed by atoms with E-state index in [-0.39, 0.29) is 12.0 Å². The maximum absolute atomic E-state index is 11.7. The fraction of sp³-hybridized carbons (Fsp3) is 0.727. The summed E-state index contributed by atoms with van der Waals surface area (Å²) in [6.45, 7) is 6.67. The highest BCUT2D eigenvalue weighted by Crippen LogP contribution is 2.09. The molecule has 2 N–H and O–H groups in total. The van der Waals surface area contributed by atoms with Crippen LogP contribution >= 0.6 is 0 Å². The van der Waals surface area contributed by atoms with E-state index >= 15 is 0 Å². The molecule has 1 aromatic rings. The molecule has 7 nitrogen and oxygen atoms in total. The summed E-state index contributed by atoms with van der Waals surface area (Å²) in [5, 5.41) is 13.7. The normalized spacial score (nSPS) is 15.7. The van der Waals surface area contributed by atoms with Gasteiger partial charge in [0.1, 0.15) is 0 Å². The van der Waals surface area contributed by atoms with Gasteiger partial charge in [-0.05, 0) is 13.8 Å². The zero-order chi connectivity index (χ0) is 13.0. The number of rotatable bonds is 6. The van der Waals surface area contributed by atoms with Crippen molar-refractivity contribution in [2.45, 2.75) is 26.0 Å². The summed E-state index contributed by atoms with van der Waals surface area (Å²) in [5.74, 6) is -0.208. The largest absolute Gasteiger partial charge is 0.377 e. The topological polar surface area (TPSA) is 81.1 Å². The summed E-state index contributed by atoms with van der Waals surface area (Å²) in [6, 6.07) is 0.323. The van der Waals surface area contributed by atoms with Gasteiger partial charge >= 0.3 is 0 Å². The lowest BCUT2D eigenvalue weighted by atomic mass is 10.2. The molecule has 1 fully saturated rings. The fourth-order valence-corrected chi connectivity index (χ4v) is 1.57. The average Bonchev–Trinajstić information content (AvgIpc) is 2.70. The minimum absolute atomic E-state index is 0.175. The van der Waals surface area contributed by atoms with Crippen molar-refractivity contribution in [1.29, 1.82) is 0 Å². The van der Waals surface area contributed by atoms with Crippen molar-refractivity contribution in [2.75, 3.05) is 26.2 Å². The van der Waals surface area contributed by atoms with Gasteiger partial charge in [-0.3, -0.25) is 4.79 Å². The van der Waals surface area contributed by atoms with Gasteiger partial charge < -0.3 is 15.4 Å². The van der Waals surface area contributed by atoms with Crippen LogP contribution in [0.3, 0.4) is 0 Å². The third-order valence-corrected chi connectivity index (χ3v) is 2.72. The Kier molecular flexibility index (Phi) is 4.27. The van der Waals surface area contributed by atoms with Crippen molar-refractivity contribution in [2.24, 2.45) is 0 Å². The van der Waals surface area contributed by atoms with Crippen molar-refractivity contribution in [3.8, 4) is 0 Å². The second-order valence-electron chi connectivity index (χ2n) is 4.57. The van der Waals surface area contributed by atoms with Gasteiger partial charge in [-0.25, -0.2) is 4.68 Å². The first-order chi connectivity index (χ1) is 8.66. The number of aromatic nitrogens is 3. The van der Waals surface area contributed by atoms with E-state index in [4.69, 9.17) is 4.74 Å². The van der Waals surface area contributed by atoms with Gasteiger partial charge in [0.05, 0.1) is 24.9 Å². The number of nitrogens with one attached hydrogen (secondary N) is 2. The summed E-state index contributed by atoms with van der Waals surface area (Å²) in [5.41, 5.74) is 0.353. The molecule has 1 aliphatic heterocycles. The van der Waals surface area contributed by atoms with Crippen LogP contribution in [0, 0.1) is 0 Å². The minimum atomic E-state index is -0.208. The highest BCUT2D eigenvalue weighted by molar-refractivity contribution is 5.91. The average molecular weight is 253 g/mol. The first kappa shape index (κ1) is 13.0. The fourth-order valence-electron chi connectivity index (χ4n) is 1.57. The predicted molar refractivity (Wildman–Crippen MR) is 65.3 cm³/mol. The number of hydrogen-bond donors (Lipinski definition) is 2. The van der Waals surface area contributed by atoms with Crippen LogP contribution in [0.1, 0.15) is 30.4 Å². The Labute approximate surface area is 106 Å². The van der Waals surface area contributed by atoms with E-state index in [2.05, 4.69) is 20.9 Å². The van der Waals surface area contributed by atoms with Gasteiger partial charge in [-0.2, -0.15) is 0 Å². The summed E-state index contributed by atoms with van der Waals surface area (Å²) >= 11 is 0. The molecule has 2 heterocycles. The third kappa shape index (κ3) is 3.27. The van der Waals surface area contributed by atoms with Crippen LogP contribution in [0.2, 0.25) is 0 Å². The van der Waals surface area contributed by atoms with Gasteiger partial charge in [0, 0.05) is 19.6 Å². The van der Waals surface area contributed by atoms with E-state index in [0.29, 0.717) is 24.9 Å². The van der Waals surface area contributed by atoms with Crippen molar-refractivity contribution >= 4 is 5.91 Å². The van der Waals surface area contributed by atoms with E-state index in [1.54, 1.807) is 10.9 Å². The number of carbonyl (C=O) groups excluding carboxylic acids is 1. The van der Waals surface area contributed by atoms with E-state index in [9.17, 15) is 4.79 Å². The van der Waals surface area contributed by atoms with Crippen LogP contribution in [-0.2, 0) is 4.74 Å². The smallest absolute Gasteiger partial charge is 0.273 e. The van der Waals surface area contributed by atoms with Crippen LogP contribution in [-0.4, -0.2) is 53.2 Å². The Morgan fingerprint density at radius 1 is 1.67 bits per heavy atom. The molecule has 0 spiro atoms. The molecule has 0 aliphatic carbocycles. The van der Waals surface area contributed by atoms with E-state index in [0.717, 1.165) is 13.1 Å². The highest BCUT2D eigenvalue weighted by atomic mass is 16.5. The first-order valence-electron chi connectivity index (χ1n) is 6.19. The van der Waals surface area contributed by atoms with Crippen LogP contribution in [0.5, 0.6) is 0 Å². The maximum Gasteiger partial charge on any atom is 0.273 e. The number of ether oxygens (including phenoxy) is 1. The predicted octanol–water partition coefficient (Wildman–Crippen LogP) is -0.423. The number of hydrogen-bond acceptors (Lipinski definition) is 5. The summed E-state index contributed by atoms with van der Waals surface area (Å²) in [4.78, 5) is 11.7. The molecule has 7 heteroatoms. The van der Waals surface area contributed by atoms with E-state index in [1.807, 2.05) is 13.8 Å². The van der Waals surface area contributed by atoms with Gasteiger partial charge in [0.2, 0.25) is 0 Å². The van der Waals surface area contributed by atoms with Crippen LogP contribution in [0.15, 0.2) is 6.20 Å². The molecule has 1 amide bonds. The van der Waals surface area contributed by atoms with Gasteiger partial charge in [0.15, 0.2) is 5.69 Å². The SMILES string of the molecule is CC(C)OCCNC(=O)c1cn(C2CNC2)nn1. The third-order valence-electron chi connectivity index (χ3n) is 2.72. The highest BCUT2D eigenvalue weighted by Gasteiger charge is 2.21. The molecule has 0 aromatic carbocycles. The molecule has 2 rings (SSSR count). The lowest BCUT2D eigenvalue weighted by molar-refractivity contribution is 0.0745. The lowest BCUT2D eigenvalue weighted by Crippen LogP contribution is -2.43. The van der Waals surface area contributed by atoms with Crippen LogP contribution in [0.4, 0.5) is 0 Å². The van der Waals surface area contributed by atoms with Gasteiger partial charge in [-0.15, -0.1) is 5.10 Å². The molecular weight excluding hydrogens is 234 g/mol. The lowest BCUT2D eigenvalue weighted by Gasteiger charge is -2.26. The van der Waals surface area contributed by atoms with E-state index in [1.165, 1.54) is 0 Å². The van der Waals surface area contributed by atoms with Crippen LogP contribution in [0.25, 0.3) is 0 Å². The minimum Gasteiger partial charge on any atom is -0.377 e. The van der Waals surface area contributed by atoms with Crippen molar-refractivity contribution in [3.05, 3.63) is 11.9 Å². The van der Waals surface area contributed by atoms with Crippen molar-refractivity contribution in [3.63, 3.8) is 0 Å². The molecule has 100 valence electrons. The number of carbonyl (C=O) groups is 1. The molecule has 0 saturated carbocycles. The standard InChI is InChI=1S/C11H19N5O2/c1-8(2)18-4-3-13-11(17)10-7-16(15-14-10)9-5-12-6-9/h7-9,12H,3-6H2,1-2H3,(H,13,17). The maximum atomic E-state index is 11.7. The first-order valence-corrected chi connectivity index (χ1v) is 6.19. The molecule has 1 saturated heterocycles. The summed E-state index contributed by atoms with van der Waals surface area (Å²) in [7, 11) is 0. The Morgan fingerprint density at radius 2 is 2.44 bits per heavy atom. The molecule has 1 aliphatic rings. The van der Waals surface area contributed by atoms with Crippen molar-refractivity contribution in [1.82, 2.24) is 25.6 Å². The molecule has 0 radical (unpaired) electrons. The Morgan fingerprint density at radius 3 is 3.06 bits per heavy atom. The zero-order valence-electron chi connectivity index (χ0n) is 10.7. The molecule has 1 aromatic heterocycles. The Balaban J connectivity index is 1.76. The van der Waals surface area contributed by atoms with Crippen molar-refractivity contribution < 1.29 is 9.53 Å². The molecule has 0 bridgehead atoms. The second kappa shape index (κ2) is 5.92. The number of nitrogens with zero attached hydrogens (tertiary/aromatic N) is 3. The number of amides is 1. The van der Waals surface area contributed by atoms with Gasteiger partial charge in [0.25, 0.3) is 5.91 Å². The van der Waals surface area contributed by atoms with Crippen LogP contribution < -0.4 is 10.6 Å². The monoisotopic (exact) mass is 253 g/mol. The Bertz CT molecular complexity index is 400. The molecule has 0 atom stereocenters. The molecular formula is C11H19N5O2. The van der Waals surface area contributed by atoms with Gasteiger partial charge in [-0.1, -0.05) is 5.21 Å². The van der Waals surface area contributed by atoms with E-state index < -0.39 is 0 Å². The zero-order valence-corrected chi connectivity index (χ0v) is 10.7. The molecule has 18 heavy (non-hydrogen) atoms. The second-order valence-corrected chi connectivity index (χ2v) is 4.57. The quantitative estimate of drug-likeness (QED) is 0.673. The molecule has 0 unspecified atom stereocenters. The summed E-state index contributed by atoms with van der Waals surface area (Å²) in [6.07, 6.45) is 1.86. The Hall–Kier alpha value is -1.47.